The third kappa shape index (κ3) is 3.88. The number of morpholine rings is 1. The van der Waals surface area contributed by atoms with Gasteiger partial charge in [0.25, 0.3) is 5.91 Å². The Labute approximate surface area is 147 Å². The lowest BCUT2D eigenvalue weighted by molar-refractivity contribution is 0.0204. The van der Waals surface area contributed by atoms with Gasteiger partial charge >= 0.3 is 0 Å². The topological polar surface area (TPSA) is 75.8 Å². The number of fused-ring (bicyclic) bond motifs is 1. The minimum Gasteiger partial charge on any atom is -0.497 e. The first-order chi connectivity index (χ1) is 12.1. The van der Waals surface area contributed by atoms with E-state index >= 15 is 0 Å². The Balaban J connectivity index is 1.69. The van der Waals surface area contributed by atoms with Gasteiger partial charge in [-0.15, -0.1) is 0 Å². The second-order valence-corrected chi connectivity index (χ2v) is 6.18. The number of carbonyl (C=O) groups is 1. The molecular formula is C18H25N3O4. The number of rotatable bonds is 6. The molecule has 25 heavy (non-hydrogen) atoms. The van der Waals surface area contributed by atoms with Crippen LogP contribution in [0.15, 0.2) is 18.2 Å². The van der Waals surface area contributed by atoms with Crippen LogP contribution >= 0.6 is 0 Å². The predicted molar refractivity (Wildman–Crippen MR) is 95.6 cm³/mol. The smallest absolute Gasteiger partial charge is 0.267 e. The average Bonchev–Trinajstić information content (AvgIpc) is 3.09. The summed E-state index contributed by atoms with van der Waals surface area (Å²) in [5.41, 5.74) is 1.30. The van der Waals surface area contributed by atoms with E-state index in [0.29, 0.717) is 23.7 Å². The van der Waals surface area contributed by atoms with E-state index in [1.54, 1.807) is 20.3 Å². The molecule has 0 saturated carbocycles. The lowest BCUT2D eigenvalue weighted by Gasteiger charge is -2.32. The highest BCUT2D eigenvalue weighted by Crippen LogP contribution is 2.31. The van der Waals surface area contributed by atoms with Crippen molar-refractivity contribution in [3.8, 4) is 11.5 Å². The highest BCUT2D eigenvalue weighted by molar-refractivity contribution is 5.99. The van der Waals surface area contributed by atoms with Gasteiger partial charge in [0.05, 0.1) is 33.0 Å². The number of aromatic amines is 1. The van der Waals surface area contributed by atoms with Crippen LogP contribution in [0.4, 0.5) is 0 Å². The van der Waals surface area contributed by atoms with Gasteiger partial charge in [-0.05, 0) is 19.1 Å². The van der Waals surface area contributed by atoms with Crippen LogP contribution in [0.5, 0.6) is 11.5 Å². The van der Waals surface area contributed by atoms with E-state index in [1.807, 2.05) is 12.1 Å². The van der Waals surface area contributed by atoms with Gasteiger partial charge in [0.1, 0.15) is 17.2 Å². The van der Waals surface area contributed by atoms with Gasteiger partial charge in [-0.3, -0.25) is 9.69 Å². The molecule has 1 aromatic heterocycles. The fourth-order valence-corrected chi connectivity index (χ4v) is 3.07. The minimum absolute atomic E-state index is 0.127. The second-order valence-electron chi connectivity index (χ2n) is 6.18. The molecule has 2 aromatic rings. The highest BCUT2D eigenvalue weighted by Gasteiger charge is 2.19. The van der Waals surface area contributed by atoms with Crippen molar-refractivity contribution < 1.29 is 19.0 Å². The van der Waals surface area contributed by atoms with Crippen molar-refractivity contribution in [2.45, 2.75) is 13.0 Å². The zero-order valence-corrected chi connectivity index (χ0v) is 14.9. The fourth-order valence-electron chi connectivity index (χ4n) is 3.07. The fraction of sp³-hybridized carbons (Fsp3) is 0.500. The maximum atomic E-state index is 12.5. The molecule has 1 saturated heterocycles. The summed E-state index contributed by atoms with van der Waals surface area (Å²) in [5, 5.41) is 3.88. The SMILES string of the molecule is COc1cc(OC)c2[nH]c(C(=O)NCC(C)N3CCOCC3)cc2c1. The maximum Gasteiger partial charge on any atom is 0.267 e. The Kier molecular flexibility index (Phi) is 5.45. The molecule has 1 fully saturated rings. The van der Waals surface area contributed by atoms with Crippen LogP contribution in [0.25, 0.3) is 10.9 Å². The van der Waals surface area contributed by atoms with Gasteiger partial charge < -0.3 is 24.5 Å². The summed E-state index contributed by atoms with van der Waals surface area (Å²) in [5.74, 6) is 1.21. The molecule has 1 aliphatic heterocycles. The second kappa shape index (κ2) is 7.76. The summed E-state index contributed by atoms with van der Waals surface area (Å²) in [6, 6.07) is 5.75. The molecule has 1 aromatic carbocycles. The summed E-state index contributed by atoms with van der Waals surface area (Å²) in [7, 11) is 3.20. The van der Waals surface area contributed by atoms with Crippen molar-refractivity contribution in [1.29, 1.82) is 0 Å². The number of methoxy groups -OCH3 is 2. The van der Waals surface area contributed by atoms with Crippen molar-refractivity contribution >= 4 is 16.8 Å². The Morgan fingerprint density at radius 1 is 1.28 bits per heavy atom. The van der Waals surface area contributed by atoms with E-state index < -0.39 is 0 Å². The van der Waals surface area contributed by atoms with E-state index in [2.05, 4.69) is 22.1 Å². The molecule has 1 aliphatic rings. The molecule has 0 radical (unpaired) electrons. The Hall–Kier alpha value is -2.25. The largest absolute Gasteiger partial charge is 0.497 e. The van der Waals surface area contributed by atoms with E-state index in [1.165, 1.54) is 0 Å². The number of carbonyl (C=O) groups excluding carboxylic acids is 1. The zero-order valence-electron chi connectivity index (χ0n) is 14.9. The molecule has 0 spiro atoms. The number of hydrogen-bond acceptors (Lipinski definition) is 5. The Morgan fingerprint density at radius 2 is 2.04 bits per heavy atom. The van der Waals surface area contributed by atoms with Crippen molar-refractivity contribution in [3.63, 3.8) is 0 Å². The maximum absolute atomic E-state index is 12.5. The number of hydrogen-bond donors (Lipinski definition) is 2. The first-order valence-corrected chi connectivity index (χ1v) is 8.47. The van der Waals surface area contributed by atoms with Crippen LogP contribution in [0.3, 0.4) is 0 Å². The monoisotopic (exact) mass is 347 g/mol. The highest BCUT2D eigenvalue weighted by atomic mass is 16.5. The molecule has 136 valence electrons. The first kappa shape index (κ1) is 17.6. The standard InChI is InChI=1S/C18H25N3O4/c1-12(21-4-6-25-7-5-21)11-19-18(22)15-9-13-8-14(23-2)10-16(24-3)17(13)20-15/h8-10,12,20H,4-7,11H2,1-3H3,(H,19,22). The molecule has 0 aliphatic carbocycles. The van der Waals surface area contributed by atoms with Crippen LogP contribution in [-0.4, -0.2) is 68.9 Å². The first-order valence-electron chi connectivity index (χ1n) is 8.47. The Bertz CT molecular complexity index is 737. The normalized spacial score (nSPS) is 16.6. The lowest BCUT2D eigenvalue weighted by Crippen LogP contribution is -2.47. The van der Waals surface area contributed by atoms with E-state index in [0.717, 1.165) is 37.2 Å². The van der Waals surface area contributed by atoms with Gasteiger partial charge in [-0.25, -0.2) is 0 Å². The summed E-state index contributed by atoms with van der Waals surface area (Å²) < 4.78 is 16.0. The number of amides is 1. The molecule has 2 heterocycles. The van der Waals surface area contributed by atoms with E-state index in [4.69, 9.17) is 14.2 Å². The quantitative estimate of drug-likeness (QED) is 0.831. The summed E-state index contributed by atoms with van der Waals surface area (Å²) in [6.45, 7) is 6.02. The average molecular weight is 347 g/mol. The van der Waals surface area contributed by atoms with E-state index in [9.17, 15) is 4.79 Å². The third-order valence-electron chi connectivity index (χ3n) is 4.59. The molecule has 0 bridgehead atoms. The number of aromatic nitrogens is 1. The van der Waals surface area contributed by atoms with Gasteiger partial charge in [0, 0.05) is 37.1 Å². The lowest BCUT2D eigenvalue weighted by atomic mass is 10.2. The number of ether oxygens (including phenoxy) is 3. The molecule has 3 rings (SSSR count). The number of benzene rings is 1. The number of nitrogens with one attached hydrogen (secondary N) is 2. The van der Waals surface area contributed by atoms with Crippen molar-refractivity contribution in [1.82, 2.24) is 15.2 Å². The molecular weight excluding hydrogens is 322 g/mol. The molecule has 2 N–H and O–H groups in total. The van der Waals surface area contributed by atoms with Gasteiger partial charge in [-0.2, -0.15) is 0 Å². The van der Waals surface area contributed by atoms with Crippen LogP contribution in [0, 0.1) is 0 Å². The van der Waals surface area contributed by atoms with Gasteiger partial charge in [0.15, 0.2) is 0 Å². The summed E-state index contributed by atoms with van der Waals surface area (Å²) in [4.78, 5) is 18.0. The van der Waals surface area contributed by atoms with Crippen molar-refractivity contribution in [2.75, 3.05) is 47.1 Å². The third-order valence-corrected chi connectivity index (χ3v) is 4.59. The van der Waals surface area contributed by atoms with Crippen molar-refractivity contribution in [3.05, 3.63) is 23.9 Å². The summed E-state index contributed by atoms with van der Waals surface area (Å²) in [6.07, 6.45) is 0. The Morgan fingerprint density at radius 3 is 2.72 bits per heavy atom. The summed E-state index contributed by atoms with van der Waals surface area (Å²) >= 11 is 0. The van der Waals surface area contributed by atoms with E-state index in [-0.39, 0.29) is 11.9 Å². The zero-order chi connectivity index (χ0) is 17.8. The molecule has 1 atom stereocenters. The number of nitrogens with zero attached hydrogens (tertiary/aromatic N) is 1. The predicted octanol–water partition coefficient (Wildman–Crippen LogP) is 1.64. The van der Waals surface area contributed by atoms with Crippen LogP contribution < -0.4 is 14.8 Å². The molecule has 7 nitrogen and oxygen atoms in total. The minimum atomic E-state index is -0.127. The van der Waals surface area contributed by atoms with Crippen molar-refractivity contribution in [2.24, 2.45) is 0 Å². The van der Waals surface area contributed by atoms with Crippen LogP contribution in [0.1, 0.15) is 17.4 Å². The molecule has 7 heteroatoms. The molecule has 1 unspecified atom stereocenters. The van der Waals surface area contributed by atoms with Crippen LogP contribution in [-0.2, 0) is 4.74 Å². The van der Waals surface area contributed by atoms with Gasteiger partial charge in [0.2, 0.25) is 0 Å². The van der Waals surface area contributed by atoms with Crippen LogP contribution in [0.2, 0.25) is 0 Å². The van der Waals surface area contributed by atoms with Gasteiger partial charge in [-0.1, -0.05) is 0 Å². The number of H-pyrrole nitrogens is 1. The molecule has 1 amide bonds.